The zero-order valence-electron chi connectivity index (χ0n) is 13.7. The predicted octanol–water partition coefficient (Wildman–Crippen LogP) is 4.20. The average molecular weight is 358 g/mol. The van der Waals surface area contributed by atoms with Crippen molar-refractivity contribution in [1.29, 1.82) is 0 Å². The third kappa shape index (κ3) is 3.29. The number of benzene rings is 2. The number of methoxy groups -OCH3 is 1. The SMILES string of the molecule is COC(=O)c1cc(Oc2cn[nH]c2)cc(-c2cccc(Cl)c2C)c1N. The number of aromatic nitrogens is 2. The van der Waals surface area contributed by atoms with Gasteiger partial charge in [-0.05, 0) is 36.2 Å². The number of nitrogens with zero attached hydrogens (tertiary/aromatic N) is 1. The first-order chi connectivity index (χ1) is 12.0. The van der Waals surface area contributed by atoms with Gasteiger partial charge in [0.05, 0.1) is 30.8 Å². The molecule has 0 saturated heterocycles. The lowest BCUT2D eigenvalue weighted by atomic mass is 9.96. The highest BCUT2D eigenvalue weighted by atomic mass is 35.5. The molecule has 1 aromatic heterocycles. The number of anilines is 1. The van der Waals surface area contributed by atoms with Crippen LogP contribution in [0.5, 0.6) is 11.5 Å². The summed E-state index contributed by atoms with van der Waals surface area (Å²) in [4.78, 5) is 12.1. The first-order valence-corrected chi connectivity index (χ1v) is 7.83. The largest absolute Gasteiger partial charge is 0.465 e. The van der Waals surface area contributed by atoms with Gasteiger partial charge >= 0.3 is 5.97 Å². The maximum Gasteiger partial charge on any atom is 0.340 e. The maximum atomic E-state index is 12.1. The third-order valence-corrected chi connectivity index (χ3v) is 4.24. The molecule has 0 atom stereocenters. The monoisotopic (exact) mass is 357 g/mol. The number of carbonyl (C=O) groups is 1. The summed E-state index contributed by atoms with van der Waals surface area (Å²) in [7, 11) is 1.30. The molecule has 25 heavy (non-hydrogen) atoms. The number of H-pyrrole nitrogens is 1. The molecule has 1 heterocycles. The van der Waals surface area contributed by atoms with Crippen LogP contribution in [0.15, 0.2) is 42.7 Å². The van der Waals surface area contributed by atoms with Gasteiger partial charge in [0.25, 0.3) is 0 Å². The van der Waals surface area contributed by atoms with E-state index in [4.69, 9.17) is 26.8 Å². The van der Waals surface area contributed by atoms with Crippen molar-refractivity contribution in [3.8, 4) is 22.6 Å². The van der Waals surface area contributed by atoms with Gasteiger partial charge in [-0.15, -0.1) is 0 Å². The molecule has 3 rings (SSSR count). The van der Waals surface area contributed by atoms with E-state index in [0.29, 0.717) is 27.8 Å². The summed E-state index contributed by atoms with van der Waals surface area (Å²) in [5, 5.41) is 7.11. The van der Waals surface area contributed by atoms with E-state index in [2.05, 4.69) is 10.2 Å². The van der Waals surface area contributed by atoms with Crippen molar-refractivity contribution in [2.45, 2.75) is 6.92 Å². The average Bonchev–Trinajstić information content (AvgIpc) is 3.11. The number of nitrogens with two attached hydrogens (primary N) is 1. The summed E-state index contributed by atoms with van der Waals surface area (Å²) in [5.41, 5.74) is 9.06. The number of esters is 1. The molecule has 0 fully saturated rings. The molecule has 0 aliphatic heterocycles. The molecule has 0 radical (unpaired) electrons. The fourth-order valence-corrected chi connectivity index (χ4v) is 2.69. The molecular weight excluding hydrogens is 342 g/mol. The van der Waals surface area contributed by atoms with Gasteiger partial charge in [0.15, 0.2) is 5.75 Å². The quantitative estimate of drug-likeness (QED) is 0.539. The van der Waals surface area contributed by atoms with Gasteiger partial charge in [0.1, 0.15) is 5.75 Å². The van der Waals surface area contributed by atoms with Crippen molar-refractivity contribution in [2.75, 3.05) is 12.8 Å². The summed E-state index contributed by atoms with van der Waals surface area (Å²) < 4.78 is 10.6. The van der Waals surface area contributed by atoms with Gasteiger partial charge in [0.2, 0.25) is 0 Å². The Morgan fingerprint density at radius 1 is 1.24 bits per heavy atom. The van der Waals surface area contributed by atoms with E-state index in [-0.39, 0.29) is 5.56 Å². The fourth-order valence-electron chi connectivity index (χ4n) is 2.52. The number of aromatic amines is 1. The standard InChI is InChI=1S/C18H16ClN3O3/c1-10-13(4-3-5-16(10)19)14-6-11(25-12-8-21-22-9-12)7-15(17(14)20)18(23)24-2/h3-9H,20H2,1-2H3,(H,21,22). The molecule has 0 spiro atoms. The van der Waals surface area contributed by atoms with Crippen molar-refractivity contribution in [2.24, 2.45) is 0 Å². The minimum absolute atomic E-state index is 0.220. The molecule has 0 amide bonds. The highest BCUT2D eigenvalue weighted by molar-refractivity contribution is 6.31. The van der Waals surface area contributed by atoms with E-state index >= 15 is 0 Å². The number of hydrogen-bond acceptors (Lipinski definition) is 5. The number of rotatable bonds is 4. The Morgan fingerprint density at radius 2 is 2.04 bits per heavy atom. The number of halogens is 1. The van der Waals surface area contributed by atoms with Crippen LogP contribution < -0.4 is 10.5 Å². The summed E-state index contributed by atoms with van der Waals surface area (Å²) in [6.45, 7) is 1.89. The molecule has 2 aromatic carbocycles. The van der Waals surface area contributed by atoms with Gasteiger partial charge in [-0.25, -0.2) is 4.79 Å². The van der Waals surface area contributed by atoms with Crippen molar-refractivity contribution < 1.29 is 14.3 Å². The van der Waals surface area contributed by atoms with Gasteiger partial charge < -0.3 is 15.2 Å². The number of carbonyl (C=O) groups excluding carboxylic acids is 1. The molecule has 3 N–H and O–H groups in total. The zero-order chi connectivity index (χ0) is 18.0. The van der Waals surface area contributed by atoms with Gasteiger partial charge in [-0.3, -0.25) is 5.10 Å². The third-order valence-electron chi connectivity index (χ3n) is 3.83. The van der Waals surface area contributed by atoms with Crippen molar-refractivity contribution in [1.82, 2.24) is 10.2 Å². The number of hydrogen-bond donors (Lipinski definition) is 2. The maximum absolute atomic E-state index is 12.1. The lowest BCUT2D eigenvalue weighted by molar-refractivity contribution is 0.0601. The van der Waals surface area contributed by atoms with Crippen LogP contribution in [-0.2, 0) is 4.74 Å². The Bertz CT molecular complexity index is 924. The van der Waals surface area contributed by atoms with E-state index < -0.39 is 5.97 Å². The Balaban J connectivity index is 2.19. The second kappa shape index (κ2) is 6.86. The molecule has 3 aromatic rings. The number of ether oxygens (including phenoxy) is 2. The fraction of sp³-hybridized carbons (Fsp3) is 0.111. The second-order valence-electron chi connectivity index (χ2n) is 5.37. The van der Waals surface area contributed by atoms with E-state index in [9.17, 15) is 4.79 Å². The van der Waals surface area contributed by atoms with E-state index in [1.807, 2.05) is 19.1 Å². The highest BCUT2D eigenvalue weighted by Gasteiger charge is 2.19. The van der Waals surface area contributed by atoms with E-state index in [1.165, 1.54) is 19.4 Å². The lowest BCUT2D eigenvalue weighted by Crippen LogP contribution is -2.07. The Kier molecular flexibility index (Phi) is 4.63. The van der Waals surface area contributed by atoms with Crippen LogP contribution in [0.2, 0.25) is 5.02 Å². The summed E-state index contributed by atoms with van der Waals surface area (Å²) >= 11 is 6.22. The van der Waals surface area contributed by atoms with Crippen LogP contribution in [0.25, 0.3) is 11.1 Å². The second-order valence-corrected chi connectivity index (χ2v) is 5.78. The molecule has 0 saturated carbocycles. The van der Waals surface area contributed by atoms with Crippen LogP contribution in [0.3, 0.4) is 0 Å². The van der Waals surface area contributed by atoms with Gasteiger partial charge in [0, 0.05) is 10.6 Å². The van der Waals surface area contributed by atoms with Crippen LogP contribution in [0, 0.1) is 6.92 Å². The van der Waals surface area contributed by atoms with Crippen molar-refractivity contribution in [3.05, 3.63) is 58.9 Å². The minimum Gasteiger partial charge on any atom is -0.465 e. The summed E-state index contributed by atoms with van der Waals surface area (Å²) in [5.74, 6) is 0.399. The smallest absolute Gasteiger partial charge is 0.340 e. The summed E-state index contributed by atoms with van der Waals surface area (Å²) in [6, 6.07) is 8.80. The zero-order valence-corrected chi connectivity index (χ0v) is 14.4. The first kappa shape index (κ1) is 16.9. The molecule has 0 bridgehead atoms. The van der Waals surface area contributed by atoms with Crippen LogP contribution >= 0.6 is 11.6 Å². The number of nitrogen functional groups attached to an aromatic ring is 1. The molecule has 0 aliphatic carbocycles. The molecule has 0 aliphatic rings. The summed E-state index contributed by atoms with van der Waals surface area (Å²) in [6.07, 6.45) is 3.12. The van der Waals surface area contributed by atoms with Gasteiger partial charge in [-0.1, -0.05) is 23.7 Å². The normalized spacial score (nSPS) is 10.5. The molecule has 0 unspecified atom stereocenters. The lowest BCUT2D eigenvalue weighted by Gasteiger charge is -2.15. The van der Waals surface area contributed by atoms with Crippen molar-refractivity contribution in [3.63, 3.8) is 0 Å². The number of nitrogens with one attached hydrogen (secondary N) is 1. The molecule has 7 heteroatoms. The Morgan fingerprint density at radius 3 is 2.72 bits per heavy atom. The van der Waals surface area contributed by atoms with E-state index in [1.54, 1.807) is 18.3 Å². The Hall–Kier alpha value is -2.99. The Labute approximate surface area is 149 Å². The predicted molar refractivity (Wildman–Crippen MR) is 96.0 cm³/mol. The van der Waals surface area contributed by atoms with Crippen LogP contribution in [-0.4, -0.2) is 23.3 Å². The topological polar surface area (TPSA) is 90.2 Å². The van der Waals surface area contributed by atoms with Gasteiger partial charge in [-0.2, -0.15) is 5.10 Å². The molecule has 128 valence electrons. The first-order valence-electron chi connectivity index (χ1n) is 7.45. The van der Waals surface area contributed by atoms with E-state index in [0.717, 1.165) is 11.1 Å². The highest BCUT2D eigenvalue weighted by Crippen LogP contribution is 2.38. The minimum atomic E-state index is -0.545. The van der Waals surface area contributed by atoms with Crippen LogP contribution in [0.4, 0.5) is 5.69 Å². The molecular formula is C18H16ClN3O3. The molecule has 6 nitrogen and oxygen atoms in total. The van der Waals surface area contributed by atoms with Crippen LogP contribution in [0.1, 0.15) is 15.9 Å². The van der Waals surface area contributed by atoms with Crippen molar-refractivity contribution >= 4 is 23.3 Å².